The van der Waals surface area contributed by atoms with Gasteiger partial charge in [0.25, 0.3) is 0 Å². The summed E-state index contributed by atoms with van der Waals surface area (Å²) in [6.45, 7) is 2.94. The van der Waals surface area contributed by atoms with Crippen LogP contribution in [0.2, 0.25) is 0 Å². The zero-order valence-corrected chi connectivity index (χ0v) is 10.9. The van der Waals surface area contributed by atoms with Crippen LogP contribution in [0.15, 0.2) is 0 Å². The third kappa shape index (κ3) is 2.23. The molecule has 1 saturated carbocycles. The minimum atomic E-state index is -0.798. The van der Waals surface area contributed by atoms with Crippen LogP contribution in [-0.2, 0) is 9.59 Å². The molecule has 3 N–H and O–H groups in total. The summed E-state index contributed by atoms with van der Waals surface area (Å²) < 4.78 is 0. The van der Waals surface area contributed by atoms with Gasteiger partial charge >= 0.3 is 5.97 Å². The molecule has 0 bridgehead atoms. The fraction of sp³-hybridized carbons (Fsp3) is 0.846. The third-order valence-corrected chi connectivity index (χ3v) is 4.58. The first kappa shape index (κ1) is 13.3. The van der Waals surface area contributed by atoms with Crippen LogP contribution in [0.5, 0.6) is 0 Å². The van der Waals surface area contributed by atoms with E-state index in [1.165, 1.54) is 0 Å². The van der Waals surface area contributed by atoms with Crippen LogP contribution in [0, 0.1) is 11.3 Å². The van der Waals surface area contributed by atoms with Gasteiger partial charge in [-0.2, -0.15) is 0 Å². The van der Waals surface area contributed by atoms with Crippen molar-refractivity contribution >= 4 is 11.9 Å². The lowest BCUT2D eigenvalue weighted by atomic mass is 9.82. The molecule has 18 heavy (non-hydrogen) atoms. The lowest BCUT2D eigenvalue weighted by Gasteiger charge is -2.38. The second kappa shape index (κ2) is 4.88. The zero-order chi connectivity index (χ0) is 13.3. The summed E-state index contributed by atoms with van der Waals surface area (Å²) >= 11 is 0. The van der Waals surface area contributed by atoms with Crippen LogP contribution in [-0.4, -0.2) is 41.0 Å². The molecule has 2 aliphatic rings. The number of rotatable bonds is 2. The van der Waals surface area contributed by atoms with E-state index >= 15 is 0 Å². The third-order valence-electron chi connectivity index (χ3n) is 4.58. The normalized spacial score (nSPS) is 36.7. The van der Waals surface area contributed by atoms with E-state index in [1.54, 1.807) is 4.90 Å². The molecule has 1 amide bonds. The molecule has 102 valence electrons. The molecule has 5 nitrogen and oxygen atoms in total. The summed E-state index contributed by atoms with van der Waals surface area (Å²) in [5.74, 6) is -1.16. The molecule has 0 aromatic rings. The van der Waals surface area contributed by atoms with E-state index in [-0.39, 0.29) is 11.9 Å². The van der Waals surface area contributed by atoms with Gasteiger partial charge in [0.15, 0.2) is 0 Å². The molecule has 1 aliphatic carbocycles. The highest BCUT2D eigenvalue weighted by atomic mass is 16.4. The molecule has 2 unspecified atom stereocenters. The molecule has 1 heterocycles. The summed E-state index contributed by atoms with van der Waals surface area (Å²) in [6.07, 6.45) is 4.13. The Morgan fingerprint density at radius 3 is 2.61 bits per heavy atom. The highest BCUT2D eigenvalue weighted by Crippen LogP contribution is 2.39. The van der Waals surface area contributed by atoms with Crippen molar-refractivity contribution in [2.24, 2.45) is 17.1 Å². The van der Waals surface area contributed by atoms with Gasteiger partial charge in [-0.05, 0) is 32.6 Å². The minimum absolute atomic E-state index is 0.0541. The van der Waals surface area contributed by atoms with E-state index in [2.05, 4.69) is 0 Å². The predicted molar refractivity (Wildman–Crippen MR) is 66.9 cm³/mol. The Bertz CT molecular complexity index is 358. The number of carboxylic acids is 1. The fourth-order valence-electron chi connectivity index (χ4n) is 3.18. The van der Waals surface area contributed by atoms with E-state index in [0.29, 0.717) is 19.5 Å². The number of nitrogens with two attached hydrogens (primary N) is 1. The summed E-state index contributed by atoms with van der Waals surface area (Å²) in [6, 6.07) is -0.0878. The monoisotopic (exact) mass is 254 g/mol. The maximum atomic E-state index is 12.6. The fourth-order valence-corrected chi connectivity index (χ4v) is 3.18. The molecule has 1 aliphatic heterocycles. The zero-order valence-electron chi connectivity index (χ0n) is 10.9. The van der Waals surface area contributed by atoms with E-state index < -0.39 is 17.3 Å². The molecule has 3 atom stereocenters. The standard InChI is InChI=1S/C13H22N2O3/c1-13(6-2-5-10(13)14)12(18)15-7-3-4-9(8-15)11(16)17/h9-10H,2-8,14H2,1H3,(H,16,17)/t9-,10?,13?/m0/s1. The minimum Gasteiger partial charge on any atom is -0.481 e. The number of likely N-dealkylation sites (tertiary alicyclic amines) is 1. The van der Waals surface area contributed by atoms with E-state index in [0.717, 1.165) is 25.7 Å². The number of carbonyl (C=O) groups excluding carboxylic acids is 1. The van der Waals surface area contributed by atoms with Crippen molar-refractivity contribution in [2.45, 2.75) is 45.1 Å². The molecule has 1 saturated heterocycles. The molecular weight excluding hydrogens is 232 g/mol. The lowest BCUT2D eigenvalue weighted by molar-refractivity contribution is -0.149. The van der Waals surface area contributed by atoms with Crippen molar-refractivity contribution in [1.29, 1.82) is 0 Å². The van der Waals surface area contributed by atoms with Gasteiger partial charge in [0.1, 0.15) is 0 Å². The molecule has 2 fully saturated rings. The number of hydrogen-bond donors (Lipinski definition) is 2. The van der Waals surface area contributed by atoms with Gasteiger partial charge in [0, 0.05) is 19.1 Å². The smallest absolute Gasteiger partial charge is 0.308 e. The SMILES string of the molecule is CC1(C(=O)N2CCC[C@H](C(=O)O)C2)CCCC1N. The van der Waals surface area contributed by atoms with Crippen LogP contribution in [0.25, 0.3) is 0 Å². The van der Waals surface area contributed by atoms with Crippen LogP contribution < -0.4 is 5.73 Å². The number of carbonyl (C=O) groups is 2. The Kier molecular flexibility index (Phi) is 3.61. The van der Waals surface area contributed by atoms with Crippen LogP contribution in [0.1, 0.15) is 39.0 Å². The van der Waals surface area contributed by atoms with Gasteiger partial charge in [-0.1, -0.05) is 6.42 Å². The Morgan fingerprint density at radius 2 is 2.06 bits per heavy atom. The van der Waals surface area contributed by atoms with Crippen molar-refractivity contribution in [3.63, 3.8) is 0 Å². The van der Waals surface area contributed by atoms with Crippen LogP contribution in [0.3, 0.4) is 0 Å². The highest BCUT2D eigenvalue weighted by molar-refractivity contribution is 5.84. The summed E-state index contributed by atoms with van der Waals surface area (Å²) in [7, 11) is 0. The average molecular weight is 254 g/mol. The predicted octanol–water partition coefficient (Wildman–Crippen LogP) is 0.827. The summed E-state index contributed by atoms with van der Waals surface area (Å²) in [5, 5.41) is 9.06. The van der Waals surface area contributed by atoms with Gasteiger partial charge in [-0.25, -0.2) is 0 Å². The average Bonchev–Trinajstić information content (AvgIpc) is 2.70. The van der Waals surface area contributed by atoms with Crippen molar-refractivity contribution in [2.75, 3.05) is 13.1 Å². The van der Waals surface area contributed by atoms with Crippen LogP contribution >= 0.6 is 0 Å². The quantitative estimate of drug-likeness (QED) is 0.764. The number of amides is 1. The summed E-state index contributed by atoms with van der Waals surface area (Å²) in [5.41, 5.74) is 5.57. The first-order valence-electron chi connectivity index (χ1n) is 6.73. The van der Waals surface area contributed by atoms with Crippen molar-refractivity contribution < 1.29 is 14.7 Å². The second-order valence-electron chi connectivity index (χ2n) is 5.84. The number of piperidine rings is 1. The van der Waals surface area contributed by atoms with E-state index in [4.69, 9.17) is 10.8 Å². The Balaban J connectivity index is 2.07. The Labute approximate surface area is 107 Å². The first-order chi connectivity index (χ1) is 8.45. The molecule has 2 rings (SSSR count). The van der Waals surface area contributed by atoms with Gasteiger partial charge < -0.3 is 15.7 Å². The van der Waals surface area contributed by atoms with E-state index in [1.807, 2.05) is 6.92 Å². The molecular formula is C13H22N2O3. The molecule has 5 heteroatoms. The first-order valence-corrected chi connectivity index (χ1v) is 6.73. The van der Waals surface area contributed by atoms with Crippen molar-refractivity contribution in [3.05, 3.63) is 0 Å². The number of hydrogen-bond acceptors (Lipinski definition) is 3. The van der Waals surface area contributed by atoms with Crippen LogP contribution in [0.4, 0.5) is 0 Å². The topological polar surface area (TPSA) is 83.6 Å². The van der Waals surface area contributed by atoms with Gasteiger partial charge in [-0.3, -0.25) is 9.59 Å². The second-order valence-corrected chi connectivity index (χ2v) is 5.84. The Morgan fingerprint density at radius 1 is 1.33 bits per heavy atom. The van der Waals surface area contributed by atoms with Crippen molar-refractivity contribution in [1.82, 2.24) is 4.90 Å². The number of aliphatic carboxylic acids is 1. The molecule has 0 radical (unpaired) electrons. The maximum Gasteiger partial charge on any atom is 0.308 e. The highest BCUT2D eigenvalue weighted by Gasteiger charge is 2.46. The van der Waals surface area contributed by atoms with E-state index in [9.17, 15) is 9.59 Å². The molecule has 0 spiro atoms. The van der Waals surface area contributed by atoms with Gasteiger partial charge in [0.2, 0.25) is 5.91 Å². The molecule has 0 aromatic heterocycles. The number of carboxylic acid groups (broad SMARTS) is 1. The maximum absolute atomic E-state index is 12.6. The summed E-state index contributed by atoms with van der Waals surface area (Å²) in [4.78, 5) is 25.3. The number of nitrogens with zero attached hydrogens (tertiary/aromatic N) is 1. The van der Waals surface area contributed by atoms with Gasteiger partial charge in [-0.15, -0.1) is 0 Å². The largest absolute Gasteiger partial charge is 0.481 e. The molecule has 0 aromatic carbocycles. The lowest BCUT2D eigenvalue weighted by Crippen LogP contribution is -2.52. The van der Waals surface area contributed by atoms with Crippen molar-refractivity contribution in [3.8, 4) is 0 Å². The van der Waals surface area contributed by atoms with Gasteiger partial charge in [0.05, 0.1) is 11.3 Å². The Hall–Kier alpha value is -1.10.